The zero-order valence-electron chi connectivity index (χ0n) is 9.95. The zero-order chi connectivity index (χ0) is 11.4. The summed E-state index contributed by atoms with van der Waals surface area (Å²) in [5.41, 5.74) is 7.59. The third-order valence-corrected chi connectivity index (χ3v) is 2.27. The van der Waals surface area contributed by atoms with Crippen molar-refractivity contribution in [3.63, 3.8) is 0 Å². The molecule has 5 heteroatoms. The van der Waals surface area contributed by atoms with Crippen LogP contribution in [0.4, 0.5) is 0 Å². The molecule has 0 aromatic carbocycles. The fourth-order valence-electron chi connectivity index (χ4n) is 1.42. The van der Waals surface area contributed by atoms with E-state index in [2.05, 4.69) is 10.00 Å². The molecule has 0 aliphatic carbocycles. The van der Waals surface area contributed by atoms with Gasteiger partial charge in [-0.15, -0.1) is 0 Å². The molecule has 0 aliphatic rings. The first-order chi connectivity index (χ1) is 7.06. The van der Waals surface area contributed by atoms with Crippen LogP contribution < -0.4 is 10.5 Å². The average Bonchev–Trinajstić information content (AvgIpc) is 2.41. The number of rotatable bonds is 5. The Labute approximate surface area is 90.8 Å². The van der Waals surface area contributed by atoms with E-state index in [9.17, 15) is 0 Å². The monoisotopic (exact) mass is 212 g/mol. The molecule has 0 radical (unpaired) electrons. The standard InChI is InChI=1S/C10H20N4O/c1-8-9(7-11)10(14(4)12-8)15-6-5-13(2)3/h5-7,11H2,1-4H3. The third kappa shape index (κ3) is 2.94. The molecule has 1 aromatic rings. The molecule has 2 N–H and O–H groups in total. The Hall–Kier alpha value is -1.07. The van der Waals surface area contributed by atoms with Crippen LogP contribution in [-0.2, 0) is 13.6 Å². The molecule has 1 aromatic heterocycles. The number of hydrogen-bond donors (Lipinski definition) is 1. The van der Waals surface area contributed by atoms with Crippen LogP contribution in [0.25, 0.3) is 0 Å². The van der Waals surface area contributed by atoms with E-state index in [-0.39, 0.29) is 0 Å². The molecule has 15 heavy (non-hydrogen) atoms. The van der Waals surface area contributed by atoms with Gasteiger partial charge in [0, 0.05) is 20.1 Å². The van der Waals surface area contributed by atoms with Crippen LogP contribution in [0.3, 0.4) is 0 Å². The Balaban J connectivity index is 2.67. The molecule has 0 bridgehead atoms. The summed E-state index contributed by atoms with van der Waals surface area (Å²) in [4.78, 5) is 2.07. The first-order valence-electron chi connectivity index (χ1n) is 5.06. The molecule has 1 heterocycles. The average molecular weight is 212 g/mol. The highest BCUT2D eigenvalue weighted by Crippen LogP contribution is 2.20. The lowest BCUT2D eigenvalue weighted by Crippen LogP contribution is -2.20. The molecule has 0 atom stereocenters. The van der Waals surface area contributed by atoms with Gasteiger partial charge in [0.15, 0.2) is 0 Å². The minimum Gasteiger partial charge on any atom is -0.476 e. The maximum atomic E-state index is 5.67. The van der Waals surface area contributed by atoms with Crippen molar-refractivity contribution in [2.24, 2.45) is 12.8 Å². The first kappa shape index (κ1) is 12.0. The smallest absolute Gasteiger partial charge is 0.216 e. The van der Waals surface area contributed by atoms with Crippen molar-refractivity contribution >= 4 is 0 Å². The molecule has 0 saturated heterocycles. The lowest BCUT2D eigenvalue weighted by molar-refractivity contribution is 0.243. The lowest BCUT2D eigenvalue weighted by atomic mass is 10.2. The Kier molecular flexibility index (Phi) is 4.11. The molecular formula is C10H20N4O. The predicted molar refractivity (Wildman–Crippen MR) is 59.9 cm³/mol. The number of aromatic nitrogens is 2. The lowest BCUT2D eigenvalue weighted by Gasteiger charge is -2.11. The summed E-state index contributed by atoms with van der Waals surface area (Å²) in [6, 6.07) is 0. The molecule has 1 rings (SSSR count). The van der Waals surface area contributed by atoms with E-state index in [1.165, 1.54) is 0 Å². The molecule has 86 valence electrons. The van der Waals surface area contributed by atoms with Crippen molar-refractivity contribution in [2.75, 3.05) is 27.2 Å². The van der Waals surface area contributed by atoms with Gasteiger partial charge in [0.05, 0.1) is 11.3 Å². The highest BCUT2D eigenvalue weighted by molar-refractivity contribution is 5.30. The molecular weight excluding hydrogens is 192 g/mol. The molecule has 0 saturated carbocycles. The van der Waals surface area contributed by atoms with Crippen LogP contribution in [-0.4, -0.2) is 41.9 Å². The second-order valence-corrected chi connectivity index (χ2v) is 3.85. The van der Waals surface area contributed by atoms with Crippen LogP contribution in [0.5, 0.6) is 5.88 Å². The number of nitrogens with two attached hydrogens (primary N) is 1. The Morgan fingerprint density at radius 2 is 2.13 bits per heavy atom. The fraction of sp³-hybridized carbons (Fsp3) is 0.700. The maximum absolute atomic E-state index is 5.67. The van der Waals surface area contributed by atoms with Crippen LogP contribution in [0, 0.1) is 6.92 Å². The van der Waals surface area contributed by atoms with E-state index in [1.807, 2.05) is 28.1 Å². The summed E-state index contributed by atoms with van der Waals surface area (Å²) in [6.45, 7) is 3.95. The molecule has 0 spiro atoms. The predicted octanol–water partition coefficient (Wildman–Crippen LogP) is 0.128. The largest absolute Gasteiger partial charge is 0.476 e. The Morgan fingerprint density at radius 3 is 2.67 bits per heavy atom. The quantitative estimate of drug-likeness (QED) is 0.753. The summed E-state index contributed by atoms with van der Waals surface area (Å²) in [5, 5.41) is 4.28. The van der Waals surface area contributed by atoms with Crippen molar-refractivity contribution in [3.8, 4) is 5.88 Å². The SMILES string of the molecule is Cc1nn(C)c(OCCN(C)C)c1CN. The number of ether oxygens (including phenoxy) is 1. The van der Waals surface area contributed by atoms with Crippen molar-refractivity contribution in [2.45, 2.75) is 13.5 Å². The highest BCUT2D eigenvalue weighted by Gasteiger charge is 2.12. The van der Waals surface area contributed by atoms with Gasteiger partial charge in [-0.25, -0.2) is 4.68 Å². The third-order valence-electron chi connectivity index (χ3n) is 2.27. The minimum atomic E-state index is 0.469. The fourth-order valence-corrected chi connectivity index (χ4v) is 1.42. The van der Waals surface area contributed by atoms with Crippen molar-refractivity contribution < 1.29 is 4.74 Å². The van der Waals surface area contributed by atoms with Crippen LogP contribution in [0.1, 0.15) is 11.3 Å². The highest BCUT2D eigenvalue weighted by atomic mass is 16.5. The number of likely N-dealkylation sites (N-methyl/N-ethyl adjacent to an activating group) is 1. The van der Waals surface area contributed by atoms with Crippen molar-refractivity contribution in [1.82, 2.24) is 14.7 Å². The van der Waals surface area contributed by atoms with Crippen LogP contribution in [0.15, 0.2) is 0 Å². The van der Waals surface area contributed by atoms with Gasteiger partial charge in [0.25, 0.3) is 0 Å². The second-order valence-electron chi connectivity index (χ2n) is 3.85. The summed E-state index contributed by atoms with van der Waals surface area (Å²) in [5.74, 6) is 0.789. The van der Waals surface area contributed by atoms with E-state index < -0.39 is 0 Å². The summed E-state index contributed by atoms with van der Waals surface area (Å²) in [7, 11) is 5.90. The molecule has 0 amide bonds. The minimum absolute atomic E-state index is 0.469. The maximum Gasteiger partial charge on any atom is 0.216 e. The normalized spacial score (nSPS) is 11.1. The van der Waals surface area contributed by atoms with E-state index in [1.54, 1.807) is 4.68 Å². The van der Waals surface area contributed by atoms with Gasteiger partial charge in [-0.3, -0.25) is 0 Å². The Morgan fingerprint density at radius 1 is 1.47 bits per heavy atom. The van der Waals surface area contributed by atoms with Gasteiger partial charge in [0.1, 0.15) is 6.61 Å². The second kappa shape index (κ2) is 5.14. The zero-order valence-corrected chi connectivity index (χ0v) is 9.95. The van der Waals surface area contributed by atoms with E-state index >= 15 is 0 Å². The number of aryl methyl sites for hydroxylation is 2. The van der Waals surface area contributed by atoms with E-state index in [0.717, 1.165) is 23.7 Å². The van der Waals surface area contributed by atoms with Gasteiger partial charge in [-0.05, 0) is 21.0 Å². The van der Waals surface area contributed by atoms with Gasteiger partial charge in [0.2, 0.25) is 5.88 Å². The molecule has 0 unspecified atom stereocenters. The van der Waals surface area contributed by atoms with Gasteiger partial charge < -0.3 is 15.4 Å². The van der Waals surface area contributed by atoms with E-state index in [4.69, 9.17) is 10.5 Å². The molecule has 0 fully saturated rings. The van der Waals surface area contributed by atoms with Crippen molar-refractivity contribution in [1.29, 1.82) is 0 Å². The van der Waals surface area contributed by atoms with Crippen LogP contribution >= 0.6 is 0 Å². The number of hydrogen-bond acceptors (Lipinski definition) is 4. The summed E-state index contributed by atoms with van der Waals surface area (Å²) in [6.07, 6.45) is 0. The summed E-state index contributed by atoms with van der Waals surface area (Å²) >= 11 is 0. The van der Waals surface area contributed by atoms with Gasteiger partial charge >= 0.3 is 0 Å². The van der Waals surface area contributed by atoms with Gasteiger partial charge in [-0.2, -0.15) is 5.10 Å². The topological polar surface area (TPSA) is 56.3 Å². The molecule has 5 nitrogen and oxygen atoms in total. The van der Waals surface area contributed by atoms with Crippen LogP contribution in [0.2, 0.25) is 0 Å². The summed E-state index contributed by atoms with van der Waals surface area (Å²) < 4.78 is 7.41. The molecule has 0 aliphatic heterocycles. The first-order valence-corrected chi connectivity index (χ1v) is 5.06. The van der Waals surface area contributed by atoms with E-state index in [0.29, 0.717) is 13.2 Å². The number of nitrogens with zero attached hydrogens (tertiary/aromatic N) is 3. The Bertz CT molecular complexity index is 319. The van der Waals surface area contributed by atoms with Crippen molar-refractivity contribution in [3.05, 3.63) is 11.3 Å². The van der Waals surface area contributed by atoms with Gasteiger partial charge in [-0.1, -0.05) is 0 Å².